The van der Waals surface area contributed by atoms with Gasteiger partial charge in [0.15, 0.2) is 11.6 Å². The average Bonchev–Trinajstić information content (AvgIpc) is 2.82. The Hall–Kier alpha value is -2.22. The average molecular weight is 264 g/mol. The summed E-state index contributed by atoms with van der Waals surface area (Å²) in [4.78, 5) is 12.7. The van der Waals surface area contributed by atoms with Gasteiger partial charge < -0.3 is 19.9 Å². The SMILES string of the molecule is CNc1cc(NCc2nc(C)no2)nc(COC)n1. The molecule has 0 aliphatic carbocycles. The smallest absolute Gasteiger partial charge is 0.245 e. The molecule has 0 spiro atoms. The monoisotopic (exact) mass is 264 g/mol. The Bertz CT molecular complexity index is 542. The summed E-state index contributed by atoms with van der Waals surface area (Å²) in [7, 11) is 3.40. The van der Waals surface area contributed by atoms with E-state index in [4.69, 9.17) is 9.26 Å². The molecule has 0 saturated carbocycles. The van der Waals surface area contributed by atoms with Crippen molar-refractivity contribution in [3.8, 4) is 0 Å². The molecular weight excluding hydrogens is 248 g/mol. The first-order valence-corrected chi connectivity index (χ1v) is 5.79. The zero-order valence-corrected chi connectivity index (χ0v) is 11.1. The van der Waals surface area contributed by atoms with E-state index < -0.39 is 0 Å². The molecule has 2 rings (SSSR count). The van der Waals surface area contributed by atoms with Gasteiger partial charge in [0.2, 0.25) is 5.89 Å². The number of aromatic nitrogens is 4. The summed E-state index contributed by atoms with van der Waals surface area (Å²) in [6.45, 7) is 2.53. The molecule has 0 atom stereocenters. The van der Waals surface area contributed by atoms with Crippen LogP contribution in [0.5, 0.6) is 0 Å². The number of nitrogens with zero attached hydrogens (tertiary/aromatic N) is 4. The highest BCUT2D eigenvalue weighted by molar-refractivity contribution is 5.47. The molecule has 0 bridgehead atoms. The Morgan fingerprint density at radius 2 is 2.05 bits per heavy atom. The summed E-state index contributed by atoms with van der Waals surface area (Å²) >= 11 is 0. The van der Waals surface area contributed by atoms with Gasteiger partial charge in [0, 0.05) is 20.2 Å². The molecule has 102 valence electrons. The van der Waals surface area contributed by atoms with Crippen LogP contribution in [0.15, 0.2) is 10.6 Å². The van der Waals surface area contributed by atoms with Gasteiger partial charge >= 0.3 is 0 Å². The number of nitrogens with one attached hydrogen (secondary N) is 2. The van der Waals surface area contributed by atoms with Crippen molar-refractivity contribution in [2.75, 3.05) is 24.8 Å². The maximum Gasteiger partial charge on any atom is 0.245 e. The molecule has 2 N–H and O–H groups in total. The first-order chi connectivity index (χ1) is 9.21. The Labute approximate surface area is 110 Å². The molecule has 8 nitrogen and oxygen atoms in total. The number of aryl methyl sites for hydroxylation is 1. The third-order valence-electron chi connectivity index (χ3n) is 2.29. The molecule has 0 radical (unpaired) electrons. The highest BCUT2D eigenvalue weighted by atomic mass is 16.5. The molecule has 8 heteroatoms. The van der Waals surface area contributed by atoms with Crippen molar-refractivity contribution >= 4 is 11.6 Å². The molecule has 0 aromatic carbocycles. The van der Waals surface area contributed by atoms with Crippen LogP contribution in [0.3, 0.4) is 0 Å². The lowest BCUT2D eigenvalue weighted by atomic mass is 10.4. The van der Waals surface area contributed by atoms with Gasteiger partial charge in [0.1, 0.15) is 18.2 Å². The van der Waals surface area contributed by atoms with Crippen LogP contribution >= 0.6 is 0 Å². The van der Waals surface area contributed by atoms with Crippen molar-refractivity contribution in [1.29, 1.82) is 0 Å². The van der Waals surface area contributed by atoms with Gasteiger partial charge in [-0.05, 0) is 6.92 Å². The summed E-state index contributed by atoms with van der Waals surface area (Å²) in [6.07, 6.45) is 0. The minimum absolute atomic E-state index is 0.351. The first-order valence-electron chi connectivity index (χ1n) is 5.79. The predicted molar refractivity (Wildman–Crippen MR) is 68.7 cm³/mol. The summed E-state index contributed by atoms with van der Waals surface area (Å²) in [5.74, 6) is 3.10. The minimum atomic E-state index is 0.351. The van der Waals surface area contributed by atoms with Gasteiger partial charge in [-0.2, -0.15) is 4.98 Å². The fourth-order valence-electron chi connectivity index (χ4n) is 1.49. The van der Waals surface area contributed by atoms with E-state index in [0.717, 1.165) is 0 Å². The maximum absolute atomic E-state index is 5.03. The van der Waals surface area contributed by atoms with Crippen molar-refractivity contribution < 1.29 is 9.26 Å². The number of methoxy groups -OCH3 is 1. The third-order valence-corrected chi connectivity index (χ3v) is 2.29. The van der Waals surface area contributed by atoms with E-state index >= 15 is 0 Å². The van der Waals surface area contributed by atoms with E-state index in [-0.39, 0.29) is 0 Å². The number of hydrogen-bond acceptors (Lipinski definition) is 8. The molecule has 0 saturated heterocycles. The van der Waals surface area contributed by atoms with Gasteiger partial charge in [0.25, 0.3) is 0 Å². The van der Waals surface area contributed by atoms with Crippen molar-refractivity contribution in [2.45, 2.75) is 20.1 Å². The molecule has 0 fully saturated rings. The molecule has 0 aliphatic heterocycles. The molecule has 2 heterocycles. The number of anilines is 2. The van der Waals surface area contributed by atoms with Crippen LogP contribution in [0, 0.1) is 6.92 Å². The van der Waals surface area contributed by atoms with Gasteiger partial charge in [-0.25, -0.2) is 9.97 Å². The molecule has 0 amide bonds. The Morgan fingerprint density at radius 1 is 1.26 bits per heavy atom. The van der Waals surface area contributed by atoms with Gasteiger partial charge in [0.05, 0.1) is 6.54 Å². The van der Waals surface area contributed by atoms with Crippen molar-refractivity contribution in [3.63, 3.8) is 0 Å². The zero-order chi connectivity index (χ0) is 13.7. The topological polar surface area (TPSA) is 98.0 Å². The summed E-state index contributed by atoms with van der Waals surface area (Å²) < 4.78 is 10.0. The van der Waals surface area contributed by atoms with Crippen LogP contribution in [0.25, 0.3) is 0 Å². The molecule has 0 aliphatic rings. The van der Waals surface area contributed by atoms with Crippen molar-refractivity contribution in [3.05, 3.63) is 23.6 Å². The number of hydrogen-bond donors (Lipinski definition) is 2. The van der Waals surface area contributed by atoms with Crippen LogP contribution in [-0.4, -0.2) is 34.3 Å². The lowest BCUT2D eigenvalue weighted by Gasteiger charge is -2.08. The predicted octanol–water partition coefficient (Wildman–Crippen LogP) is 0.968. The lowest BCUT2D eigenvalue weighted by Crippen LogP contribution is -2.07. The fourth-order valence-corrected chi connectivity index (χ4v) is 1.49. The van der Waals surface area contributed by atoms with E-state index in [9.17, 15) is 0 Å². The third kappa shape index (κ3) is 3.62. The van der Waals surface area contributed by atoms with Crippen molar-refractivity contribution in [2.24, 2.45) is 0 Å². The van der Waals surface area contributed by atoms with E-state index in [1.54, 1.807) is 27.1 Å². The van der Waals surface area contributed by atoms with E-state index in [2.05, 4.69) is 30.7 Å². The Morgan fingerprint density at radius 3 is 2.68 bits per heavy atom. The highest BCUT2D eigenvalue weighted by Gasteiger charge is 2.06. The highest BCUT2D eigenvalue weighted by Crippen LogP contribution is 2.12. The second-order valence-corrected chi connectivity index (χ2v) is 3.83. The Kier molecular flexibility index (Phi) is 4.24. The Balaban J connectivity index is 2.08. The second-order valence-electron chi connectivity index (χ2n) is 3.83. The fraction of sp³-hybridized carbons (Fsp3) is 0.455. The molecule has 19 heavy (non-hydrogen) atoms. The lowest BCUT2D eigenvalue weighted by molar-refractivity contribution is 0.178. The number of rotatable bonds is 6. The maximum atomic E-state index is 5.03. The second kappa shape index (κ2) is 6.10. The van der Waals surface area contributed by atoms with Crippen LogP contribution in [0.2, 0.25) is 0 Å². The van der Waals surface area contributed by atoms with Crippen molar-refractivity contribution in [1.82, 2.24) is 20.1 Å². The number of ether oxygens (including phenoxy) is 1. The summed E-state index contributed by atoms with van der Waals surface area (Å²) in [6, 6.07) is 1.79. The minimum Gasteiger partial charge on any atom is -0.377 e. The van der Waals surface area contributed by atoms with Crippen LogP contribution in [0.1, 0.15) is 17.5 Å². The van der Waals surface area contributed by atoms with E-state index in [1.165, 1.54) is 0 Å². The van der Waals surface area contributed by atoms with E-state index in [0.29, 0.717) is 42.3 Å². The quantitative estimate of drug-likeness (QED) is 0.796. The van der Waals surface area contributed by atoms with Gasteiger partial charge in [-0.1, -0.05) is 5.16 Å². The van der Waals surface area contributed by atoms with Crippen LogP contribution < -0.4 is 10.6 Å². The van der Waals surface area contributed by atoms with Crippen LogP contribution in [0.4, 0.5) is 11.6 Å². The van der Waals surface area contributed by atoms with Gasteiger partial charge in [-0.15, -0.1) is 0 Å². The molecule has 2 aromatic rings. The van der Waals surface area contributed by atoms with Gasteiger partial charge in [-0.3, -0.25) is 0 Å². The normalized spacial score (nSPS) is 10.5. The standard InChI is InChI=1S/C11H16N6O2/c1-7-14-11(19-17-7)5-13-9-4-8(12-2)15-10(16-9)6-18-3/h4H,5-6H2,1-3H3,(H2,12,13,15,16). The van der Waals surface area contributed by atoms with E-state index in [1.807, 2.05) is 0 Å². The molecule has 0 unspecified atom stereocenters. The zero-order valence-electron chi connectivity index (χ0n) is 11.1. The molecule has 2 aromatic heterocycles. The van der Waals surface area contributed by atoms with Crippen LogP contribution in [-0.2, 0) is 17.9 Å². The largest absolute Gasteiger partial charge is 0.377 e. The first kappa shape index (κ1) is 13.2. The summed E-state index contributed by atoms with van der Waals surface area (Å²) in [5, 5.41) is 9.79. The summed E-state index contributed by atoms with van der Waals surface area (Å²) in [5.41, 5.74) is 0. The molecular formula is C11H16N6O2.